The molecule has 0 saturated heterocycles. The molecule has 2 aromatic rings. The third kappa shape index (κ3) is 6.60. The van der Waals surface area contributed by atoms with E-state index in [9.17, 15) is 18.3 Å². The maximum absolute atomic E-state index is 12.7. The van der Waals surface area contributed by atoms with Crippen molar-refractivity contribution in [2.24, 2.45) is 0 Å². The Balaban J connectivity index is 2.12. The highest BCUT2D eigenvalue weighted by molar-refractivity contribution is 7.89. The van der Waals surface area contributed by atoms with Crippen LogP contribution in [0.25, 0.3) is 0 Å². The molecule has 0 radical (unpaired) electrons. The number of rotatable bonds is 12. The molecule has 0 saturated carbocycles. The molecule has 0 spiro atoms. The molecular formula is C22H30N2O6S. The third-order valence-corrected chi connectivity index (χ3v) is 6.27. The second kappa shape index (κ2) is 11.0. The van der Waals surface area contributed by atoms with Gasteiger partial charge in [-0.2, -0.15) is 0 Å². The zero-order chi connectivity index (χ0) is 23.0. The smallest absolute Gasteiger partial charge is 0.337 e. The molecule has 0 amide bonds. The first-order chi connectivity index (χ1) is 14.7. The molecule has 0 aromatic heterocycles. The fourth-order valence-electron chi connectivity index (χ4n) is 3.21. The second-order valence-electron chi connectivity index (χ2n) is 7.18. The summed E-state index contributed by atoms with van der Waals surface area (Å²) in [5.41, 5.74) is 1.19. The lowest BCUT2D eigenvalue weighted by Gasteiger charge is -2.17. The van der Waals surface area contributed by atoms with Crippen LogP contribution in [0.2, 0.25) is 0 Å². The zero-order valence-corrected chi connectivity index (χ0v) is 19.1. The molecule has 2 rings (SSSR count). The van der Waals surface area contributed by atoms with Crippen LogP contribution in [0, 0.1) is 0 Å². The minimum Gasteiger partial charge on any atom is -0.493 e. The standard InChI is InChI=1S/C22H30N2O6S/c1-5-6-15(2)24-19-9-8-17(14-18(19)22(25)26)31(27,28)23-12-11-16-7-10-20(29-3)21(13-16)30-4/h7-10,13-15,23-24H,5-6,11-12H2,1-4H3,(H,25,26)/t15-/m0/s1. The Morgan fingerprint density at radius 2 is 1.81 bits per heavy atom. The summed E-state index contributed by atoms with van der Waals surface area (Å²) in [6.45, 7) is 4.14. The van der Waals surface area contributed by atoms with Gasteiger partial charge in [-0.3, -0.25) is 0 Å². The average molecular weight is 451 g/mol. The fraction of sp³-hybridized carbons (Fsp3) is 0.409. The number of carboxylic acids is 1. The summed E-state index contributed by atoms with van der Waals surface area (Å²) in [5, 5.41) is 12.7. The Morgan fingerprint density at radius 3 is 2.42 bits per heavy atom. The van der Waals surface area contributed by atoms with Gasteiger partial charge in [-0.25, -0.2) is 17.9 Å². The summed E-state index contributed by atoms with van der Waals surface area (Å²) in [6.07, 6.45) is 2.25. The van der Waals surface area contributed by atoms with Gasteiger partial charge >= 0.3 is 5.97 Å². The molecule has 0 aliphatic heterocycles. The number of sulfonamides is 1. The summed E-state index contributed by atoms with van der Waals surface area (Å²) in [5.74, 6) is -0.0297. The van der Waals surface area contributed by atoms with Gasteiger partial charge in [-0.1, -0.05) is 19.4 Å². The molecule has 170 valence electrons. The predicted octanol–water partition coefficient (Wildman–Crippen LogP) is 3.52. The van der Waals surface area contributed by atoms with Crippen molar-refractivity contribution < 1.29 is 27.8 Å². The summed E-state index contributed by atoms with van der Waals surface area (Å²) in [7, 11) is -0.790. The van der Waals surface area contributed by atoms with Crippen LogP contribution in [-0.2, 0) is 16.4 Å². The number of aromatic carboxylic acids is 1. The molecule has 0 unspecified atom stereocenters. The predicted molar refractivity (Wildman–Crippen MR) is 120 cm³/mol. The summed E-state index contributed by atoms with van der Waals surface area (Å²) >= 11 is 0. The zero-order valence-electron chi connectivity index (χ0n) is 18.3. The highest BCUT2D eigenvalue weighted by atomic mass is 32.2. The normalized spacial score (nSPS) is 12.3. The van der Waals surface area contributed by atoms with E-state index < -0.39 is 16.0 Å². The molecule has 0 aliphatic rings. The van der Waals surface area contributed by atoms with E-state index in [0.29, 0.717) is 23.6 Å². The Kier molecular flexibility index (Phi) is 8.70. The van der Waals surface area contributed by atoms with Crippen molar-refractivity contribution in [3.8, 4) is 11.5 Å². The van der Waals surface area contributed by atoms with Gasteiger partial charge in [0.1, 0.15) is 0 Å². The van der Waals surface area contributed by atoms with Crippen LogP contribution in [0.4, 0.5) is 5.69 Å². The van der Waals surface area contributed by atoms with Gasteiger partial charge in [0.2, 0.25) is 10.0 Å². The number of methoxy groups -OCH3 is 2. The van der Waals surface area contributed by atoms with Crippen molar-refractivity contribution in [2.75, 3.05) is 26.1 Å². The van der Waals surface area contributed by atoms with Crippen LogP contribution in [-0.4, -0.2) is 46.3 Å². The number of carbonyl (C=O) groups is 1. The van der Waals surface area contributed by atoms with Crippen LogP contribution in [0.3, 0.4) is 0 Å². The first kappa shape index (κ1) is 24.5. The largest absolute Gasteiger partial charge is 0.493 e. The highest BCUT2D eigenvalue weighted by Crippen LogP contribution is 2.27. The van der Waals surface area contributed by atoms with E-state index >= 15 is 0 Å². The summed E-state index contributed by atoms with van der Waals surface area (Å²) in [4.78, 5) is 11.6. The van der Waals surface area contributed by atoms with E-state index in [1.54, 1.807) is 19.2 Å². The number of benzene rings is 2. The van der Waals surface area contributed by atoms with Gasteiger partial charge in [-0.15, -0.1) is 0 Å². The van der Waals surface area contributed by atoms with Crippen molar-refractivity contribution in [1.29, 1.82) is 0 Å². The van der Waals surface area contributed by atoms with E-state index in [0.717, 1.165) is 18.4 Å². The Labute approximate surface area is 183 Å². The van der Waals surface area contributed by atoms with E-state index in [1.165, 1.54) is 25.3 Å². The summed E-state index contributed by atoms with van der Waals surface area (Å²) < 4.78 is 38.4. The van der Waals surface area contributed by atoms with E-state index in [1.807, 2.05) is 19.9 Å². The van der Waals surface area contributed by atoms with E-state index in [2.05, 4.69) is 10.0 Å². The molecule has 8 nitrogen and oxygen atoms in total. The second-order valence-corrected chi connectivity index (χ2v) is 8.95. The number of carboxylic acid groups (broad SMARTS) is 1. The number of nitrogens with one attached hydrogen (secondary N) is 2. The Morgan fingerprint density at radius 1 is 1.10 bits per heavy atom. The minimum atomic E-state index is -3.87. The Bertz CT molecular complexity index is 1010. The van der Waals surface area contributed by atoms with Crippen LogP contribution < -0.4 is 19.5 Å². The molecule has 0 bridgehead atoms. The van der Waals surface area contributed by atoms with Crippen LogP contribution >= 0.6 is 0 Å². The summed E-state index contributed by atoms with van der Waals surface area (Å²) in [6, 6.07) is 9.54. The minimum absolute atomic E-state index is 0.0742. The molecule has 3 N–H and O–H groups in total. The van der Waals surface area contributed by atoms with Crippen molar-refractivity contribution in [3.63, 3.8) is 0 Å². The maximum atomic E-state index is 12.7. The number of hydrogen-bond acceptors (Lipinski definition) is 6. The van der Waals surface area contributed by atoms with Crippen molar-refractivity contribution in [3.05, 3.63) is 47.5 Å². The molecule has 31 heavy (non-hydrogen) atoms. The van der Waals surface area contributed by atoms with Crippen LogP contribution in [0.5, 0.6) is 11.5 Å². The first-order valence-electron chi connectivity index (χ1n) is 10.1. The quantitative estimate of drug-likeness (QED) is 0.453. The molecule has 2 aromatic carbocycles. The topological polar surface area (TPSA) is 114 Å². The van der Waals surface area contributed by atoms with Gasteiger partial charge < -0.3 is 19.9 Å². The molecule has 1 atom stereocenters. The average Bonchev–Trinajstić information content (AvgIpc) is 2.73. The molecule has 0 aliphatic carbocycles. The van der Waals surface area contributed by atoms with Gasteiger partial charge in [0.15, 0.2) is 11.5 Å². The number of anilines is 1. The monoisotopic (exact) mass is 450 g/mol. The van der Waals surface area contributed by atoms with Gasteiger partial charge in [-0.05, 0) is 55.7 Å². The lowest BCUT2D eigenvalue weighted by atomic mass is 10.1. The molecule has 0 heterocycles. The molecule has 0 fully saturated rings. The van der Waals surface area contributed by atoms with Crippen LogP contribution in [0.1, 0.15) is 42.6 Å². The molecule has 9 heteroatoms. The maximum Gasteiger partial charge on any atom is 0.337 e. The van der Waals surface area contributed by atoms with Crippen LogP contribution in [0.15, 0.2) is 41.3 Å². The molecular weight excluding hydrogens is 420 g/mol. The van der Waals surface area contributed by atoms with Crippen molar-refractivity contribution in [1.82, 2.24) is 4.72 Å². The van der Waals surface area contributed by atoms with Gasteiger partial charge in [0, 0.05) is 18.3 Å². The number of hydrogen-bond donors (Lipinski definition) is 3. The fourth-order valence-corrected chi connectivity index (χ4v) is 4.27. The van der Waals surface area contributed by atoms with E-state index in [-0.39, 0.29) is 23.0 Å². The van der Waals surface area contributed by atoms with E-state index in [4.69, 9.17) is 9.47 Å². The lowest BCUT2D eigenvalue weighted by molar-refractivity contribution is 0.0697. The third-order valence-electron chi connectivity index (χ3n) is 4.81. The van der Waals surface area contributed by atoms with Crippen molar-refractivity contribution >= 4 is 21.7 Å². The highest BCUT2D eigenvalue weighted by Gasteiger charge is 2.19. The first-order valence-corrected chi connectivity index (χ1v) is 11.5. The van der Waals surface area contributed by atoms with Crippen molar-refractivity contribution in [2.45, 2.75) is 44.0 Å². The lowest BCUT2D eigenvalue weighted by Crippen LogP contribution is -2.26. The SMILES string of the molecule is CCC[C@H](C)Nc1ccc(S(=O)(=O)NCCc2ccc(OC)c(OC)c2)cc1C(=O)O. The van der Waals surface area contributed by atoms with Gasteiger partial charge in [0.05, 0.1) is 24.7 Å². The Hall–Kier alpha value is -2.78. The van der Waals surface area contributed by atoms with Gasteiger partial charge in [0.25, 0.3) is 0 Å². The number of ether oxygens (including phenoxy) is 2.